The molecule has 0 aliphatic rings. The SMILES string of the molecule is Cc1ccc(CNCC(C)c2ccccc2)c(Br)c1. The van der Waals surface area contributed by atoms with E-state index in [1.54, 1.807) is 0 Å². The van der Waals surface area contributed by atoms with Crippen LogP contribution >= 0.6 is 15.9 Å². The van der Waals surface area contributed by atoms with Crippen LogP contribution < -0.4 is 5.32 Å². The molecule has 0 radical (unpaired) electrons. The van der Waals surface area contributed by atoms with Crippen LogP contribution in [0.1, 0.15) is 29.5 Å². The fourth-order valence-corrected chi connectivity index (χ4v) is 2.75. The molecule has 2 heteroatoms. The quantitative estimate of drug-likeness (QED) is 0.846. The summed E-state index contributed by atoms with van der Waals surface area (Å²) in [5, 5.41) is 3.53. The average Bonchev–Trinajstić information content (AvgIpc) is 2.42. The Morgan fingerprint density at radius 1 is 1.11 bits per heavy atom. The minimum atomic E-state index is 0.533. The molecular weight excluding hydrogens is 298 g/mol. The summed E-state index contributed by atoms with van der Waals surface area (Å²) < 4.78 is 1.19. The van der Waals surface area contributed by atoms with E-state index in [2.05, 4.69) is 83.6 Å². The van der Waals surface area contributed by atoms with E-state index >= 15 is 0 Å². The number of hydrogen-bond acceptors (Lipinski definition) is 1. The van der Waals surface area contributed by atoms with Gasteiger partial charge in [0.25, 0.3) is 0 Å². The van der Waals surface area contributed by atoms with Crippen LogP contribution in [0.4, 0.5) is 0 Å². The van der Waals surface area contributed by atoms with Gasteiger partial charge >= 0.3 is 0 Å². The van der Waals surface area contributed by atoms with Crippen LogP contribution in [0.3, 0.4) is 0 Å². The van der Waals surface area contributed by atoms with E-state index in [-0.39, 0.29) is 0 Å². The molecule has 0 saturated carbocycles. The summed E-state index contributed by atoms with van der Waals surface area (Å²) in [6, 6.07) is 17.1. The molecule has 100 valence electrons. The number of nitrogens with one attached hydrogen (secondary N) is 1. The van der Waals surface area contributed by atoms with Crippen LogP contribution in [0.25, 0.3) is 0 Å². The zero-order valence-corrected chi connectivity index (χ0v) is 13.1. The maximum Gasteiger partial charge on any atom is 0.0222 e. The van der Waals surface area contributed by atoms with Gasteiger partial charge in [0.2, 0.25) is 0 Å². The minimum absolute atomic E-state index is 0.533. The summed E-state index contributed by atoms with van der Waals surface area (Å²) in [6.07, 6.45) is 0. The van der Waals surface area contributed by atoms with E-state index in [1.807, 2.05) is 0 Å². The molecule has 0 heterocycles. The van der Waals surface area contributed by atoms with Gasteiger partial charge in [-0.1, -0.05) is 65.3 Å². The number of hydrogen-bond donors (Lipinski definition) is 1. The van der Waals surface area contributed by atoms with Crippen molar-refractivity contribution < 1.29 is 0 Å². The van der Waals surface area contributed by atoms with E-state index in [4.69, 9.17) is 0 Å². The molecule has 0 bridgehead atoms. The third kappa shape index (κ3) is 4.19. The second-order valence-electron chi connectivity index (χ2n) is 5.04. The smallest absolute Gasteiger partial charge is 0.0222 e. The van der Waals surface area contributed by atoms with Gasteiger partial charge < -0.3 is 5.32 Å². The Morgan fingerprint density at radius 3 is 2.53 bits per heavy atom. The van der Waals surface area contributed by atoms with Crippen molar-refractivity contribution in [3.05, 3.63) is 69.7 Å². The summed E-state index contributed by atoms with van der Waals surface area (Å²) in [6.45, 7) is 6.26. The predicted molar refractivity (Wildman–Crippen MR) is 85.4 cm³/mol. The summed E-state index contributed by atoms with van der Waals surface area (Å²) in [5.41, 5.74) is 3.98. The Morgan fingerprint density at radius 2 is 1.84 bits per heavy atom. The predicted octanol–water partition coefficient (Wildman–Crippen LogP) is 4.65. The Bertz CT molecular complexity index is 522. The van der Waals surface area contributed by atoms with Gasteiger partial charge in [0, 0.05) is 17.6 Å². The van der Waals surface area contributed by atoms with Crippen molar-refractivity contribution in [3.8, 4) is 0 Å². The standard InChI is InChI=1S/C17H20BrN/c1-13-8-9-16(17(18)10-13)12-19-11-14(2)15-6-4-3-5-7-15/h3-10,14,19H,11-12H2,1-2H3. The molecule has 0 spiro atoms. The van der Waals surface area contributed by atoms with Crippen molar-refractivity contribution in [2.75, 3.05) is 6.54 Å². The Hall–Kier alpha value is -1.12. The number of halogens is 1. The summed E-state index contributed by atoms with van der Waals surface area (Å²) in [5.74, 6) is 0.533. The van der Waals surface area contributed by atoms with Gasteiger partial charge in [-0.05, 0) is 35.6 Å². The van der Waals surface area contributed by atoms with E-state index in [0.717, 1.165) is 13.1 Å². The van der Waals surface area contributed by atoms with Crippen LogP contribution in [-0.2, 0) is 6.54 Å². The molecule has 0 saturated heterocycles. The first-order chi connectivity index (χ1) is 9.16. The Kier molecular flexibility index (Phi) is 5.17. The first-order valence-corrected chi connectivity index (χ1v) is 7.47. The molecule has 0 aromatic heterocycles. The van der Waals surface area contributed by atoms with Crippen LogP contribution in [-0.4, -0.2) is 6.54 Å². The Labute approximate surface area is 124 Å². The molecule has 19 heavy (non-hydrogen) atoms. The van der Waals surface area contributed by atoms with Crippen molar-refractivity contribution in [1.82, 2.24) is 5.32 Å². The molecule has 0 aliphatic carbocycles. The van der Waals surface area contributed by atoms with E-state index in [9.17, 15) is 0 Å². The molecule has 1 unspecified atom stereocenters. The molecule has 2 aromatic rings. The summed E-state index contributed by atoms with van der Waals surface area (Å²) in [7, 11) is 0. The highest BCUT2D eigenvalue weighted by Crippen LogP contribution is 2.19. The van der Waals surface area contributed by atoms with Crippen molar-refractivity contribution in [1.29, 1.82) is 0 Å². The minimum Gasteiger partial charge on any atom is -0.312 e. The first kappa shape index (κ1) is 14.3. The fraction of sp³-hybridized carbons (Fsp3) is 0.294. The lowest BCUT2D eigenvalue weighted by Gasteiger charge is -2.13. The van der Waals surface area contributed by atoms with Gasteiger partial charge in [0.05, 0.1) is 0 Å². The normalized spacial score (nSPS) is 12.4. The second kappa shape index (κ2) is 6.88. The van der Waals surface area contributed by atoms with Crippen molar-refractivity contribution in [2.45, 2.75) is 26.3 Å². The van der Waals surface area contributed by atoms with Gasteiger partial charge in [-0.3, -0.25) is 0 Å². The number of rotatable bonds is 5. The van der Waals surface area contributed by atoms with Gasteiger partial charge in [-0.15, -0.1) is 0 Å². The largest absolute Gasteiger partial charge is 0.312 e. The molecule has 2 aromatic carbocycles. The molecule has 2 rings (SSSR count). The van der Waals surface area contributed by atoms with Crippen molar-refractivity contribution in [2.24, 2.45) is 0 Å². The highest BCUT2D eigenvalue weighted by molar-refractivity contribution is 9.10. The second-order valence-corrected chi connectivity index (χ2v) is 5.89. The van der Waals surface area contributed by atoms with Gasteiger partial charge in [-0.2, -0.15) is 0 Å². The van der Waals surface area contributed by atoms with E-state index < -0.39 is 0 Å². The van der Waals surface area contributed by atoms with Gasteiger partial charge in [0.1, 0.15) is 0 Å². The third-order valence-corrected chi connectivity index (χ3v) is 4.08. The molecule has 1 atom stereocenters. The van der Waals surface area contributed by atoms with Gasteiger partial charge in [-0.25, -0.2) is 0 Å². The lowest BCUT2D eigenvalue weighted by Crippen LogP contribution is -2.19. The Balaban J connectivity index is 1.86. The monoisotopic (exact) mass is 317 g/mol. The molecule has 0 aliphatic heterocycles. The molecule has 0 fully saturated rings. The highest BCUT2D eigenvalue weighted by atomic mass is 79.9. The fourth-order valence-electron chi connectivity index (χ4n) is 2.12. The maximum absolute atomic E-state index is 3.62. The summed E-state index contributed by atoms with van der Waals surface area (Å²) in [4.78, 5) is 0. The number of aryl methyl sites for hydroxylation is 1. The molecule has 0 amide bonds. The van der Waals surface area contributed by atoms with Crippen LogP contribution in [0.5, 0.6) is 0 Å². The average molecular weight is 318 g/mol. The first-order valence-electron chi connectivity index (χ1n) is 6.67. The molecule has 1 nitrogen and oxygen atoms in total. The van der Waals surface area contributed by atoms with E-state index in [0.29, 0.717) is 5.92 Å². The topological polar surface area (TPSA) is 12.0 Å². The molecule has 1 N–H and O–H groups in total. The van der Waals surface area contributed by atoms with Crippen LogP contribution in [0.15, 0.2) is 53.0 Å². The highest BCUT2D eigenvalue weighted by Gasteiger charge is 2.05. The third-order valence-electron chi connectivity index (χ3n) is 3.34. The molecular formula is C17H20BrN. The lowest BCUT2D eigenvalue weighted by atomic mass is 10.0. The zero-order valence-electron chi connectivity index (χ0n) is 11.5. The summed E-state index contributed by atoms with van der Waals surface area (Å²) >= 11 is 3.62. The van der Waals surface area contributed by atoms with Crippen LogP contribution in [0, 0.1) is 6.92 Å². The maximum atomic E-state index is 3.62. The number of benzene rings is 2. The van der Waals surface area contributed by atoms with E-state index in [1.165, 1.54) is 21.2 Å². The lowest BCUT2D eigenvalue weighted by molar-refractivity contribution is 0.614. The van der Waals surface area contributed by atoms with Crippen LogP contribution in [0.2, 0.25) is 0 Å². The van der Waals surface area contributed by atoms with Crippen molar-refractivity contribution >= 4 is 15.9 Å². The van der Waals surface area contributed by atoms with Gasteiger partial charge in [0.15, 0.2) is 0 Å². The zero-order chi connectivity index (χ0) is 13.7. The van der Waals surface area contributed by atoms with Crippen molar-refractivity contribution in [3.63, 3.8) is 0 Å².